The van der Waals surface area contributed by atoms with Crippen molar-refractivity contribution in [1.82, 2.24) is 15.1 Å². The van der Waals surface area contributed by atoms with E-state index < -0.39 is 0 Å². The second-order valence-corrected chi connectivity index (χ2v) is 6.79. The number of hydrogen-bond donors (Lipinski definition) is 1. The number of piperazine rings is 1. The zero-order chi connectivity index (χ0) is 17.6. The van der Waals surface area contributed by atoms with Gasteiger partial charge in [0.25, 0.3) is 0 Å². The van der Waals surface area contributed by atoms with E-state index in [9.17, 15) is 14.4 Å². The number of carbonyl (C=O) groups is 3. The fraction of sp³-hybridized carbons (Fsp3) is 0.526. The van der Waals surface area contributed by atoms with Crippen molar-refractivity contribution < 1.29 is 14.4 Å². The summed E-state index contributed by atoms with van der Waals surface area (Å²) < 4.78 is 0. The molecule has 1 aliphatic carbocycles. The first-order chi connectivity index (χ1) is 12.1. The SMILES string of the molecule is O=C(CN1CCN(C(=O)CCC(=O)c2ccccc2)CC1)NC1CC1. The summed E-state index contributed by atoms with van der Waals surface area (Å²) in [5.41, 5.74) is 0.654. The summed E-state index contributed by atoms with van der Waals surface area (Å²) in [6.45, 7) is 3.06. The summed E-state index contributed by atoms with van der Waals surface area (Å²) in [5.74, 6) is 0.103. The molecule has 2 aliphatic rings. The van der Waals surface area contributed by atoms with Gasteiger partial charge < -0.3 is 10.2 Å². The number of rotatable bonds is 7. The quantitative estimate of drug-likeness (QED) is 0.752. The Bertz CT molecular complexity index is 620. The van der Waals surface area contributed by atoms with Crippen molar-refractivity contribution in [3.8, 4) is 0 Å². The van der Waals surface area contributed by atoms with E-state index in [0.717, 1.165) is 12.8 Å². The van der Waals surface area contributed by atoms with Crippen molar-refractivity contribution in [2.75, 3.05) is 32.7 Å². The zero-order valence-corrected chi connectivity index (χ0v) is 14.4. The van der Waals surface area contributed by atoms with E-state index in [2.05, 4.69) is 10.2 Å². The van der Waals surface area contributed by atoms with Crippen molar-refractivity contribution in [2.24, 2.45) is 0 Å². The molecule has 25 heavy (non-hydrogen) atoms. The summed E-state index contributed by atoms with van der Waals surface area (Å²) in [4.78, 5) is 40.1. The average molecular weight is 343 g/mol. The van der Waals surface area contributed by atoms with Crippen LogP contribution >= 0.6 is 0 Å². The summed E-state index contributed by atoms with van der Waals surface area (Å²) in [5, 5.41) is 2.98. The molecule has 3 rings (SSSR count). The molecule has 1 aromatic rings. The average Bonchev–Trinajstić information content (AvgIpc) is 3.44. The predicted molar refractivity (Wildman–Crippen MR) is 94.2 cm³/mol. The number of nitrogens with zero attached hydrogens (tertiary/aromatic N) is 2. The normalized spacial score (nSPS) is 18.0. The highest BCUT2D eigenvalue weighted by molar-refractivity contribution is 5.97. The molecule has 0 unspecified atom stereocenters. The number of amides is 2. The van der Waals surface area contributed by atoms with E-state index in [1.165, 1.54) is 0 Å². The number of hydrogen-bond acceptors (Lipinski definition) is 4. The van der Waals surface area contributed by atoms with E-state index in [-0.39, 0.29) is 30.4 Å². The van der Waals surface area contributed by atoms with Crippen LogP contribution in [-0.4, -0.2) is 66.2 Å². The van der Waals surface area contributed by atoms with Gasteiger partial charge in [0.1, 0.15) is 0 Å². The molecule has 6 heteroatoms. The maximum Gasteiger partial charge on any atom is 0.234 e. The summed E-state index contributed by atoms with van der Waals surface area (Å²) in [7, 11) is 0. The lowest BCUT2D eigenvalue weighted by Crippen LogP contribution is -2.51. The summed E-state index contributed by atoms with van der Waals surface area (Å²) >= 11 is 0. The molecule has 0 spiro atoms. The van der Waals surface area contributed by atoms with Gasteiger partial charge in [0.2, 0.25) is 11.8 Å². The largest absolute Gasteiger partial charge is 0.352 e. The lowest BCUT2D eigenvalue weighted by atomic mass is 10.1. The van der Waals surface area contributed by atoms with Gasteiger partial charge in [-0.3, -0.25) is 19.3 Å². The summed E-state index contributed by atoms with van der Waals surface area (Å²) in [6.07, 6.45) is 2.67. The highest BCUT2D eigenvalue weighted by atomic mass is 16.2. The molecule has 6 nitrogen and oxygen atoms in total. The Morgan fingerprint density at radius 3 is 2.28 bits per heavy atom. The molecule has 0 aromatic heterocycles. The Kier molecular flexibility index (Phi) is 5.81. The highest BCUT2D eigenvalue weighted by Gasteiger charge is 2.26. The Morgan fingerprint density at radius 1 is 0.960 bits per heavy atom. The molecule has 0 atom stereocenters. The van der Waals surface area contributed by atoms with Gasteiger partial charge >= 0.3 is 0 Å². The second kappa shape index (κ2) is 8.25. The van der Waals surface area contributed by atoms with Gasteiger partial charge in [0, 0.05) is 50.6 Å². The lowest BCUT2D eigenvalue weighted by molar-refractivity contribution is -0.133. The van der Waals surface area contributed by atoms with Gasteiger partial charge in [0.05, 0.1) is 6.54 Å². The van der Waals surface area contributed by atoms with Crippen LogP contribution in [0.3, 0.4) is 0 Å². The van der Waals surface area contributed by atoms with E-state index in [1.54, 1.807) is 17.0 Å². The number of carbonyl (C=O) groups excluding carboxylic acids is 3. The van der Waals surface area contributed by atoms with Gasteiger partial charge in [-0.1, -0.05) is 30.3 Å². The van der Waals surface area contributed by atoms with Crippen molar-refractivity contribution in [3.05, 3.63) is 35.9 Å². The van der Waals surface area contributed by atoms with Crippen LogP contribution in [0.25, 0.3) is 0 Å². The van der Waals surface area contributed by atoms with Gasteiger partial charge in [0.15, 0.2) is 5.78 Å². The number of Topliss-reactive ketones (excluding diaryl/α,β-unsaturated/α-hetero) is 1. The van der Waals surface area contributed by atoms with Crippen LogP contribution in [0, 0.1) is 0 Å². The first kappa shape index (κ1) is 17.6. The third-order valence-electron chi connectivity index (χ3n) is 4.70. The standard InChI is InChI=1S/C19H25N3O3/c23-17(15-4-2-1-3-5-15)8-9-19(25)22-12-10-21(11-13-22)14-18(24)20-16-6-7-16/h1-5,16H,6-14H2,(H,20,24). The molecular weight excluding hydrogens is 318 g/mol. The number of ketones is 1. The first-order valence-electron chi connectivity index (χ1n) is 8.99. The Hall–Kier alpha value is -2.21. The minimum absolute atomic E-state index is 0.00401. The molecule has 1 N–H and O–H groups in total. The third kappa shape index (κ3) is 5.39. The van der Waals surface area contributed by atoms with Gasteiger partial charge in [-0.25, -0.2) is 0 Å². The minimum Gasteiger partial charge on any atom is -0.352 e. The van der Waals surface area contributed by atoms with Crippen LogP contribution < -0.4 is 5.32 Å². The second-order valence-electron chi connectivity index (χ2n) is 6.79. The van der Waals surface area contributed by atoms with Crippen LogP contribution in [0.5, 0.6) is 0 Å². The molecular formula is C19H25N3O3. The van der Waals surface area contributed by atoms with Crippen LogP contribution in [0.1, 0.15) is 36.0 Å². The van der Waals surface area contributed by atoms with Crippen LogP contribution in [-0.2, 0) is 9.59 Å². The highest BCUT2D eigenvalue weighted by Crippen LogP contribution is 2.18. The molecule has 134 valence electrons. The smallest absolute Gasteiger partial charge is 0.234 e. The fourth-order valence-electron chi connectivity index (χ4n) is 3.01. The molecule has 1 aliphatic heterocycles. The number of benzene rings is 1. The Morgan fingerprint density at radius 2 is 1.64 bits per heavy atom. The maximum absolute atomic E-state index is 12.3. The molecule has 0 radical (unpaired) electrons. The fourth-order valence-corrected chi connectivity index (χ4v) is 3.01. The van der Waals surface area contributed by atoms with Crippen molar-refractivity contribution in [3.63, 3.8) is 0 Å². The Balaban J connectivity index is 1.36. The molecule has 1 saturated carbocycles. The monoisotopic (exact) mass is 343 g/mol. The molecule has 1 aromatic carbocycles. The lowest BCUT2D eigenvalue weighted by Gasteiger charge is -2.34. The van der Waals surface area contributed by atoms with Gasteiger partial charge in [-0.15, -0.1) is 0 Å². The van der Waals surface area contributed by atoms with Crippen LogP contribution in [0.2, 0.25) is 0 Å². The maximum atomic E-state index is 12.3. The van der Waals surface area contributed by atoms with E-state index >= 15 is 0 Å². The van der Waals surface area contributed by atoms with Crippen LogP contribution in [0.4, 0.5) is 0 Å². The minimum atomic E-state index is 0.00401. The van der Waals surface area contributed by atoms with Crippen LogP contribution in [0.15, 0.2) is 30.3 Å². The Labute approximate surface area is 148 Å². The van der Waals surface area contributed by atoms with Crippen molar-refractivity contribution in [2.45, 2.75) is 31.7 Å². The molecule has 1 heterocycles. The third-order valence-corrected chi connectivity index (χ3v) is 4.70. The molecule has 0 bridgehead atoms. The topological polar surface area (TPSA) is 69.7 Å². The summed E-state index contributed by atoms with van der Waals surface area (Å²) in [6, 6.07) is 9.46. The molecule has 2 fully saturated rings. The van der Waals surface area contributed by atoms with Crippen molar-refractivity contribution >= 4 is 17.6 Å². The predicted octanol–water partition coefficient (Wildman–Crippen LogP) is 1.07. The van der Waals surface area contributed by atoms with E-state index in [0.29, 0.717) is 44.3 Å². The van der Waals surface area contributed by atoms with E-state index in [4.69, 9.17) is 0 Å². The zero-order valence-electron chi connectivity index (χ0n) is 14.4. The molecule has 2 amide bonds. The van der Waals surface area contributed by atoms with Gasteiger partial charge in [-0.2, -0.15) is 0 Å². The van der Waals surface area contributed by atoms with E-state index in [1.807, 2.05) is 18.2 Å². The number of nitrogens with one attached hydrogen (secondary N) is 1. The first-order valence-corrected chi connectivity index (χ1v) is 8.99. The van der Waals surface area contributed by atoms with Crippen molar-refractivity contribution in [1.29, 1.82) is 0 Å². The molecule has 1 saturated heterocycles. The van der Waals surface area contributed by atoms with Gasteiger partial charge in [-0.05, 0) is 12.8 Å².